The molecule has 8 aromatic rings. The van der Waals surface area contributed by atoms with Gasteiger partial charge in [-0.05, 0) is 70.3 Å². The molecule has 0 spiro atoms. The second kappa shape index (κ2) is 45.4. The van der Waals surface area contributed by atoms with Gasteiger partial charge in [0.05, 0.1) is 11.4 Å². The molecule has 0 aliphatic rings. The van der Waals surface area contributed by atoms with Crippen LogP contribution in [0.4, 0.5) is 0 Å². The van der Waals surface area contributed by atoms with E-state index >= 15 is 0 Å². The zero-order valence-corrected chi connectivity index (χ0v) is 64.5. The van der Waals surface area contributed by atoms with Crippen LogP contribution in [0, 0.1) is 140 Å². The molecule has 0 aliphatic carbocycles. The van der Waals surface area contributed by atoms with Gasteiger partial charge in [-0.15, -0.1) is 46.6 Å². The van der Waals surface area contributed by atoms with Gasteiger partial charge < -0.3 is 58.9 Å². The molecular weight excluding hydrogens is 1420 g/mol. The first-order valence-electron chi connectivity index (χ1n) is 18.6. The first-order valence-corrected chi connectivity index (χ1v) is 20.2. The number of nitrogens with zero attached hydrogens (tertiary/aromatic N) is 17. The zero-order valence-electron chi connectivity index (χ0n) is 43.0. The summed E-state index contributed by atoms with van der Waals surface area (Å²) in [6, 6.07) is 3.24. The summed E-state index contributed by atoms with van der Waals surface area (Å²) in [5, 5.41) is 28.3. The predicted octanol–water partition coefficient (Wildman–Crippen LogP) is 5.89. The first kappa shape index (κ1) is 83.0. The summed E-state index contributed by atoms with van der Waals surface area (Å²) in [5.74, 6) is 1.91. The van der Waals surface area contributed by atoms with Crippen molar-refractivity contribution in [3.8, 4) is 0 Å². The van der Waals surface area contributed by atoms with Crippen LogP contribution < -0.4 is 0 Å². The van der Waals surface area contributed by atoms with Gasteiger partial charge in [-0.1, -0.05) is 103 Å². The Balaban J connectivity index is -0.000000121. The second-order valence-electron chi connectivity index (χ2n) is 13.4. The van der Waals surface area contributed by atoms with Crippen LogP contribution in [0.25, 0.3) is 0 Å². The Hall–Kier alpha value is 2.04. The van der Waals surface area contributed by atoms with E-state index in [1.54, 1.807) is 14.0 Å². The fourth-order valence-corrected chi connectivity index (χ4v) is 4.50. The van der Waals surface area contributed by atoms with Crippen molar-refractivity contribution < 1.29 is 229 Å². The van der Waals surface area contributed by atoms with Crippen LogP contribution in [0.1, 0.15) is 78.2 Å². The number of hydrogen-bond acceptors (Lipinski definition) is 13. The van der Waals surface area contributed by atoms with Crippen molar-refractivity contribution in [1.29, 1.82) is 0 Å². The van der Waals surface area contributed by atoms with E-state index in [0.717, 1.165) is 55.6 Å². The number of aromatic nitrogens is 17. The quantitative estimate of drug-likeness (QED) is 0.166. The van der Waals surface area contributed by atoms with E-state index in [0.29, 0.717) is 0 Å². The normalized spacial score (nSPS) is 8.66. The Morgan fingerprint density at radius 1 is 0.478 bits per heavy atom. The number of aryl methyl sites for hydroxylation is 15. The molecule has 0 aliphatic heterocycles. The number of rotatable bonds is 0. The summed E-state index contributed by atoms with van der Waals surface area (Å²) in [6.45, 7) is 27.8. The Labute approximate surface area is 584 Å². The molecule has 8 heterocycles. The molecule has 0 bridgehead atoms. The number of hydrogen-bond donors (Lipinski definition) is 0. The smallest absolute Gasteiger partial charge is 0.0825 e. The molecule has 349 valence electrons. The summed E-state index contributed by atoms with van der Waals surface area (Å²) in [7, 11) is 11.6. The molecule has 0 fully saturated rings. The minimum Gasteiger partial charge on any atom is -0.445 e. The van der Waals surface area contributed by atoms with E-state index < -0.39 is 0 Å². The average molecular weight is 1480 g/mol. The largest absolute Gasteiger partial charge is 0.445 e. The fraction of sp³-hybridized carbons (Fsp3) is 0.488. The minimum atomic E-state index is 0. The standard InChI is InChI=1S/C8H12N.3C6H9N2.C5H9N3.C4H6N3.2C3H3N2S.7Y/c1-6-5-7(2)9(4)8(6)3;1-5-4-7-6(2)8(5)3;1-5-4-8(3)7-6(5)2;1-5-4-7-8(3)6(5)2;1-4-5(2)8(3)7-6-4;1-4-5-3-6-7(4)2;1-3-5-4-2-6-3;1-3-4-2-5-6-3;;;;;;;/h1-4H3;4*1-3H3;1-2H3;2*1H3;;;;;;;/q4*-1;;3*-1;;;;;;;. The van der Waals surface area contributed by atoms with Crippen LogP contribution in [0.3, 0.4) is 0 Å². The summed E-state index contributed by atoms with van der Waals surface area (Å²) in [6.07, 6.45) is 13.6. The second-order valence-corrected chi connectivity index (χ2v) is 15.3. The van der Waals surface area contributed by atoms with Crippen molar-refractivity contribution >= 4 is 22.9 Å². The van der Waals surface area contributed by atoms with Crippen LogP contribution >= 0.6 is 22.9 Å². The molecule has 0 unspecified atom stereocenters. The van der Waals surface area contributed by atoms with Crippen LogP contribution in [-0.4, -0.2) is 83.0 Å². The first-order chi connectivity index (χ1) is 28.1. The van der Waals surface area contributed by atoms with Crippen LogP contribution in [0.15, 0.2) is 0 Å². The molecule has 67 heavy (non-hydrogen) atoms. The molecule has 0 N–H and O–H groups in total. The van der Waals surface area contributed by atoms with E-state index in [1.807, 2.05) is 121 Å². The Bertz CT molecular complexity index is 2130. The summed E-state index contributed by atoms with van der Waals surface area (Å²) in [5.41, 5.74) is 14.1. The van der Waals surface area contributed by atoms with E-state index in [-0.39, 0.29) is 229 Å². The van der Waals surface area contributed by atoms with Gasteiger partial charge in [-0.2, -0.15) is 11.1 Å². The molecule has 17 nitrogen and oxygen atoms in total. The van der Waals surface area contributed by atoms with Gasteiger partial charge in [0.15, 0.2) is 0 Å². The summed E-state index contributed by atoms with van der Waals surface area (Å²) in [4.78, 5) is 11.4. The Morgan fingerprint density at radius 3 is 1.19 bits per heavy atom. The van der Waals surface area contributed by atoms with Crippen molar-refractivity contribution in [3.05, 3.63) is 121 Å². The van der Waals surface area contributed by atoms with Crippen molar-refractivity contribution in [2.24, 2.45) is 42.3 Å². The Kier molecular flexibility index (Phi) is 56.3. The van der Waals surface area contributed by atoms with Gasteiger partial charge >= 0.3 is 0 Å². The van der Waals surface area contributed by atoms with Crippen LogP contribution in [0.5, 0.6) is 0 Å². The maximum absolute atomic E-state index is 4.07. The SMILES string of the molecule is Cc1[c-]c(C)n(C)c1C.Cc1[c-]n(C)nc1C.Cc1[c-]nc(C)n1C.Cc1[c-]nn(C)c1C.Cc1n[c-]nn1C.Cc1n[c-]ns1.Cc1nn[c-]s1.Cc1nnn(C)c1C.[Y].[Y].[Y].[Y].[Y].[Y].[Y]. The Morgan fingerprint density at radius 2 is 1.07 bits per heavy atom. The van der Waals surface area contributed by atoms with Crippen molar-refractivity contribution in [3.63, 3.8) is 0 Å². The molecular formula is C41H60N17S2Y7-7. The fourth-order valence-electron chi connectivity index (χ4n) is 3.91. The molecule has 8 rings (SSSR count). The van der Waals surface area contributed by atoms with E-state index in [9.17, 15) is 0 Å². The molecule has 26 heteroatoms. The summed E-state index contributed by atoms with van der Waals surface area (Å²) >= 11 is 2.79. The monoisotopic (exact) mass is 1480 g/mol. The third-order valence-corrected chi connectivity index (χ3v) is 10.00. The van der Waals surface area contributed by atoms with Gasteiger partial charge in [0.2, 0.25) is 0 Å². The van der Waals surface area contributed by atoms with Crippen molar-refractivity contribution in [1.82, 2.24) is 83.0 Å². The molecule has 0 atom stereocenters. The van der Waals surface area contributed by atoms with Crippen LogP contribution in [0.2, 0.25) is 0 Å². The van der Waals surface area contributed by atoms with Gasteiger partial charge in [0.1, 0.15) is 0 Å². The number of imidazole rings is 1. The van der Waals surface area contributed by atoms with Gasteiger partial charge in [-0.25, -0.2) is 11.6 Å². The third kappa shape index (κ3) is 34.3. The van der Waals surface area contributed by atoms with E-state index in [1.165, 1.54) is 45.5 Å². The van der Waals surface area contributed by atoms with Crippen molar-refractivity contribution in [2.45, 2.75) is 96.9 Å². The molecule has 0 saturated carbocycles. The molecule has 8 aromatic heterocycles. The summed E-state index contributed by atoms with van der Waals surface area (Å²) < 4.78 is 14.7. The molecule has 7 radical (unpaired) electrons. The molecule has 0 aromatic carbocycles. The van der Waals surface area contributed by atoms with E-state index in [2.05, 4.69) is 130 Å². The van der Waals surface area contributed by atoms with Gasteiger partial charge in [0, 0.05) is 257 Å². The third-order valence-electron chi connectivity index (χ3n) is 8.92. The molecule has 0 amide bonds. The average Bonchev–Trinajstić information content (AvgIpc) is 4.13. The molecule has 0 saturated heterocycles. The van der Waals surface area contributed by atoms with Gasteiger partial charge in [-0.3, -0.25) is 25.1 Å². The van der Waals surface area contributed by atoms with E-state index in [4.69, 9.17) is 0 Å². The maximum Gasteiger partial charge on any atom is 0.0825 e. The van der Waals surface area contributed by atoms with Gasteiger partial charge in [0.25, 0.3) is 0 Å². The maximum atomic E-state index is 4.07. The predicted molar refractivity (Wildman–Crippen MR) is 235 cm³/mol. The van der Waals surface area contributed by atoms with Crippen molar-refractivity contribution in [2.75, 3.05) is 0 Å². The zero-order chi connectivity index (χ0) is 45.7. The minimum absolute atomic E-state index is 0. The van der Waals surface area contributed by atoms with Crippen LogP contribution in [-0.2, 0) is 271 Å². The topological polar surface area (TPSA) is 171 Å².